The Bertz CT molecular complexity index is 175. The van der Waals surface area contributed by atoms with Crippen molar-refractivity contribution in [1.29, 1.82) is 0 Å². The molecule has 0 saturated carbocycles. The van der Waals surface area contributed by atoms with Gasteiger partial charge in [0.05, 0.1) is 22.9 Å². The second kappa shape index (κ2) is 2.40. The van der Waals surface area contributed by atoms with Crippen molar-refractivity contribution in [3.63, 3.8) is 0 Å². The molecule has 0 saturated heterocycles. The van der Waals surface area contributed by atoms with Crippen molar-refractivity contribution in [1.82, 2.24) is 13.0 Å². The molecule has 0 aliphatic heterocycles. The van der Waals surface area contributed by atoms with Crippen LogP contribution in [0.2, 0.25) is 0 Å². The quantitative estimate of drug-likeness (QED) is 0.682. The molecule has 0 amide bonds. The molecule has 1 heterocycles. The Hall–Kier alpha value is -0.170. The van der Waals surface area contributed by atoms with E-state index in [0.717, 1.165) is 0 Å². The van der Waals surface area contributed by atoms with Gasteiger partial charge in [-0.1, -0.05) is 0 Å². The van der Waals surface area contributed by atoms with Crippen molar-refractivity contribution in [2.45, 2.75) is 6.61 Å². The largest absolute Gasteiger partial charge is 0.388 e. The van der Waals surface area contributed by atoms with E-state index in [0.29, 0.717) is 5.82 Å². The molecule has 0 fully saturated rings. The smallest absolute Gasteiger partial charge is 0.176 e. The Balaban J connectivity index is 2.84. The fraction of sp³-hybridized carbons (Fsp3) is 0.333. The topological polar surface area (TPSA) is 50.9 Å². The van der Waals surface area contributed by atoms with Crippen LogP contribution in [0.5, 0.6) is 0 Å². The molecule has 1 aromatic heterocycles. The average Bonchev–Trinajstić information content (AvgIpc) is 2.14. The number of rotatable bonds is 1. The van der Waals surface area contributed by atoms with Crippen molar-refractivity contribution in [2.24, 2.45) is 0 Å². The van der Waals surface area contributed by atoms with Crippen molar-refractivity contribution < 1.29 is 5.11 Å². The lowest BCUT2D eigenvalue weighted by molar-refractivity contribution is 0.272. The number of hydrogen-bond acceptors (Lipinski definition) is 3. The molecule has 4 nitrogen and oxygen atoms in total. The molecule has 1 N–H and O–H groups in total. The summed E-state index contributed by atoms with van der Waals surface area (Å²) in [6.07, 6.45) is 1.53. The van der Waals surface area contributed by atoms with Gasteiger partial charge in [-0.3, -0.25) is 0 Å². The summed E-state index contributed by atoms with van der Waals surface area (Å²) in [4.78, 5) is 3.73. The minimum atomic E-state index is -0.0873. The van der Waals surface area contributed by atoms with Crippen LogP contribution in [0.1, 0.15) is 5.82 Å². The van der Waals surface area contributed by atoms with Crippen LogP contribution < -0.4 is 0 Å². The van der Waals surface area contributed by atoms with Gasteiger partial charge in [0.25, 0.3) is 0 Å². The lowest BCUT2D eigenvalue weighted by Crippen LogP contribution is -1.85. The fourth-order valence-electron chi connectivity index (χ4n) is 0.349. The van der Waals surface area contributed by atoms with E-state index in [1.54, 1.807) is 0 Å². The van der Waals surface area contributed by atoms with Crippen LogP contribution in [0.4, 0.5) is 0 Å². The molecule has 0 radical (unpaired) electrons. The highest BCUT2D eigenvalue weighted by Gasteiger charge is 1.92. The van der Waals surface area contributed by atoms with Gasteiger partial charge < -0.3 is 5.11 Å². The average molecular weight is 225 g/mol. The third-order valence-electron chi connectivity index (χ3n) is 0.654. The molecule has 0 aromatic carbocycles. The summed E-state index contributed by atoms with van der Waals surface area (Å²) in [6.45, 7) is -0.0873. The summed E-state index contributed by atoms with van der Waals surface area (Å²) < 4.78 is 1.52. The second-order valence-electron chi connectivity index (χ2n) is 1.21. The Morgan fingerprint density at radius 1 is 1.88 bits per heavy atom. The first-order valence-electron chi connectivity index (χ1n) is 2.00. The Morgan fingerprint density at radius 2 is 2.62 bits per heavy atom. The zero-order chi connectivity index (χ0) is 5.98. The molecule has 0 atom stereocenters. The molecular weight excluding hydrogens is 221 g/mol. The van der Waals surface area contributed by atoms with Crippen molar-refractivity contribution in [2.75, 3.05) is 0 Å². The minimum absolute atomic E-state index is 0.0873. The first kappa shape index (κ1) is 5.96. The first-order chi connectivity index (χ1) is 3.83. The number of halogens is 1. The lowest BCUT2D eigenvalue weighted by Gasteiger charge is -1.78. The van der Waals surface area contributed by atoms with Gasteiger partial charge in [-0.15, -0.1) is 5.10 Å². The maximum Gasteiger partial charge on any atom is 0.176 e. The summed E-state index contributed by atoms with van der Waals surface area (Å²) in [6, 6.07) is 0. The summed E-state index contributed by atoms with van der Waals surface area (Å²) in [7, 11) is 0. The van der Waals surface area contributed by atoms with Crippen LogP contribution in [-0.4, -0.2) is 18.1 Å². The van der Waals surface area contributed by atoms with Crippen molar-refractivity contribution >= 4 is 22.9 Å². The van der Waals surface area contributed by atoms with Gasteiger partial charge in [0.15, 0.2) is 5.82 Å². The molecule has 0 aliphatic rings. The van der Waals surface area contributed by atoms with Crippen LogP contribution in [0, 0.1) is 0 Å². The zero-order valence-electron chi connectivity index (χ0n) is 3.95. The molecule has 44 valence electrons. The van der Waals surface area contributed by atoms with E-state index in [1.807, 2.05) is 22.9 Å². The van der Waals surface area contributed by atoms with Gasteiger partial charge in [0, 0.05) is 0 Å². The van der Waals surface area contributed by atoms with E-state index in [9.17, 15) is 0 Å². The molecular formula is C3H4IN3O. The summed E-state index contributed by atoms with van der Waals surface area (Å²) >= 11 is 1.96. The number of aliphatic hydroxyl groups excluding tert-OH is 1. The van der Waals surface area contributed by atoms with E-state index in [1.165, 1.54) is 9.22 Å². The van der Waals surface area contributed by atoms with Gasteiger partial charge in [-0.2, -0.15) is 2.90 Å². The third kappa shape index (κ3) is 1.16. The summed E-state index contributed by atoms with van der Waals surface area (Å²) in [5.41, 5.74) is 0. The van der Waals surface area contributed by atoms with Crippen LogP contribution in [0.25, 0.3) is 0 Å². The number of hydrogen-bond donors (Lipinski definition) is 1. The highest BCUT2D eigenvalue weighted by Crippen LogP contribution is 1.91. The van der Waals surface area contributed by atoms with Crippen LogP contribution in [0.3, 0.4) is 0 Å². The lowest BCUT2D eigenvalue weighted by atomic mass is 10.7. The van der Waals surface area contributed by atoms with Crippen molar-refractivity contribution in [3.05, 3.63) is 12.2 Å². The van der Waals surface area contributed by atoms with E-state index in [2.05, 4.69) is 10.1 Å². The molecule has 1 rings (SSSR count). The molecule has 0 bridgehead atoms. The molecule has 8 heavy (non-hydrogen) atoms. The zero-order valence-corrected chi connectivity index (χ0v) is 6.11. The van der Waals surface area contributed by atoms with E-state index in [-0.39, 0.29) is 6.61 Å². The fourth-order valence-corrected chi connectivity index (χ4v) is 0.722. The second-order valence-corrected chi connectivity index (χ2v) is 2.20. The number of aliphatic hydroxyl groups is 1. The third-order valence-corrected chi connectivity index (χ3v) is 1.12. The Labute approximate surface area is 60.0 Å². The Morgan fingerprint density at radius 3 is 2.88 bits per heavy atom. The predicted octanol–water partition coefficient (Wildman–Crippen LogP) is -0.0315. The highest BCUT2D eigenvalue weighted by molar-refractivity contribution is 14.1. The maximum atomic E-state index is 8.41. The van der Waals surface area contributed by atoms with Gasteiger partial charge in [0.2, 0.25) is 0 Å². The highest BCUT2D eigenvalue weighted by atomic mass is 127. The van der Waals surface area contributed by atoms with Crippen LogP contribution in [-0.2, 0) is 6.61 Å². The molecule has 5 heteroatoms. The van der Waals surface area contributed by atoms with E-state index >= 15 is 0 Å². The molecule has 0 unspecified atom stereocenters. The van der Waals surface area contributed by atoms with Crippen molar-refractivity contribution in [3.8, 4) is 0 Å². The van der Waals surface area contributed by atoms with Crippen LogP contribution in [0.15, 0.2) is 6.33 Å². The SMILES string of the molecule is OCc1ncn(I)n1. The van der Waals surface area contributed by atoms with E-state index < -0.39 is 0 Å². The molecule has 1 aromatic rings. The predicted molar refractivity (Wildman–Crippen MR) is 35.4 cm³/mol. The van der Waals surface area contributed by atoms with Gasteiger partial charge in [-0.05, 0) is 0 Å². The first-order valence-corrected chi connectivity index (χ1v) is 2.97. The monoisotopic (exact) mass is 225 g/mol. The standard InChI is InChI=1S/C3H4IN3O/c4-7-2-5-3(1-8)6-7/h2,8H,1H2. The minimum Gasteiger partial charge on any atom is -0.388 e. The van der Waals surface area contributed by atoms with Gasteiger partial charge >= 0.3 is 0 Å². The summed E-state index contributed by atoms with van der Waals surface area (Å²) in [5, 5.41) is 12.2. The van der Waals surface area contributed by atoms with Crippen LogP contribution >= 0.6 is 22.9 Å². The Kier molecular flexibility index (Phi) is 1.79. The number of aromatic nitrogens is 3. The maximum absolute atomic E-state index is 8.41. The summed E-state index contributed by atoms with van der Waals surface area (Å²) in [5.74, 6) is 0.458. The number of nitrogens with zero attached hydrogens (tertiary/aromatic N) is 3. The molecule has 0 spiro atoms. The van der Waals surface area contributed by atoms with E-state index in [4.69, 9.17) is 5.11 Å². The van der Waals surface area contributed by atoms with Gasteiger partial charge in [-0.25, -0.2) is 4.98 Å². The van der Waals surface area contributed by atoms with Gasteiger partial charge in [0.1, 0.15) is 12.9 Å². The normalized spacial score (nSPS) is 9.75. The molecule has 0 aliphatic carbocycles.